The molecule has 2 atom stereocenters. The molecular formula is C15H25Cl. The number of hydrogen-bond donors (Lipinski definition) is 0. The monoisotopic (exact) mass is 240 g/mol. The predicted octanol–water partition coefficient (Wildman–Crippen LogP) is 5.15. The Labute approximate surface area is 107 Å². The SMILES string of the molecule is C=C1CC/C=C(\C)CC[C@@H]2[C@@H]1CC2(C)C.Cl. The Morgan fingerprint density at radius 2 is 2.00 bits per heavy atom. The molecule has 0 heterocycles. The molecule has 16 heavy (non-hydrogen) atoms. The van der Waals surface area contributed by atoms with E-state index in [0.717, 1.165) is 11.8 Å². The first-order valence-electron chi connectivity index (χ1n) is 6.34. The van der Waals surface area contributed by atoms with Crippen LogP contribution in [0.4, 0.5) is 0 Å². The van der Waals surface area contributed by atoms with E-state index in [-0.39, 0.29) is 12.4 Å². The lowest BCUT2D eigenvalue weighted by atomic mass is 9.52. The zero-order valence-electron chi connectivity index (χ0n) is 10.9. The van der Waals surface area contributed by atoms with Gasteiger partial charge in [-0.2, -0.15) is 0 Å². The van der Waals surface area contributed by atoms with Gasteiger partial charge in [0, 0.05) is 0 Å². The fourth-order valence-corrected chi connectivity index (χ4v) is 3.44. The van der Waals surface area contributed by atoms with Gasteiger partial charge in [-0.25, -0.2) is 0 Å². The highest BCUT2D eigenvalue weighted by molar-refractivity contribution is 5.85. The van der Waals surface area contributed by atoms with Crippen LogP contribution in [0.25, 0.3) is 0 Å². The molecule has 0 N–H and O–H groups in total. The molecule has 0 aromatic carbocycles. The summed E-state index contributed by atoms with van der Waals surface area (Å²) in [6.45, 7) is 11.4. The zero-order chi connectivity index (χ0) is 11.1. The quantitative estimate of drug-likeness (QED) is 0.514. The van der Waals surface area contributed by atoms with Crippen LogP contribution in [0.5, 0.6) is 0 Å². The molecule has 0 aliphatic heterocycles. The van der Waals surface area contributed by atoms with Crippen molar-refractivity contribution in [2.45, 2.75) is 52.9 Å². The van der Waals surface area contributed by atoms with Crippen molar-refractivity contribution < 1.29 is 0 Å². The van der Waals surface area contributed by atoms with Gasteiger partial charge in [0.25, 0.3) is 0 Å². The lowest BCUT2D eigenvalue weighted by Crippen LogP contribution is -2.44. The van der Waals surface area contributed by atoms with Crippen LogP contribution in [-0.2, 0) is 0 Å². The molecule has 0 radical (unpaired) electrons. The van der Waals surface area contributed by atoms with Crippen molar-refractivity contribution in [3.63, 3.8) is 0 Å². The lowest BCUT2D eigenvalue weighted by Gasteiger charge is -2.53. The number of hydrogen-bond acceptors (Lipinski definition) is 0. The third-order valence-electron chi connectivity index (χ3n) is 4.57. The maximum atomic E-state index is 4.30. The van der Waals surface area contributed by atoms with Crippen molar-refractivity contribution >= 4 is 12.4 Å². The van der Waals surface area contributed by atoms with E-state index in [4.69, 9.17) is 0 Å². The van der Waals surface area contributed by atoms with E-state index < -0.39 is 0 Å². The Balaban J connectivity index is 0.00000128. The highest BCUT2D eigenvalue weighted by Gasteiger charge is 2.47. The summed E-state index contributed by atoms with van der Waals surface area (Å²) >= 11 is 0. The Bertz CT molecular complexity index is 299. The fraction of sp³-hybridized carbons (Fsp3) is 0.733. The van der Waals surface area contributed by atoms with Crippen LogP contribution in [-0.4, -0.2) is 0 Å². The average molecular weight is 241 g/mol. The van der Waals surface area contributed by atoms with Crippen LogP contribution in [0, 0.1) is 17.3 Å². The zero-order valence-corrected chi connectivity index (χ0v) is 11.7. The van der Waals surface area contributed by atoms with Crippen LogP contribution in [0.15, 0.2) is 23.8 Å². The van der Waals surface area contributed by atoms with E-state index in [1.54, 1.807) is 5.57 Å². The molecular weight excluding hydrogens is 216 g/mol. The molecule has 1 heteroatoms. The maximum absolute atomic E-state index is 4.30. The third-order valence-corrected chi connectivity index (χ3v) is 4.57. The van der Waals surface area contributed by atoms with Gasteiger partial charge in [-0.1, -0.05) is 37.6 Å². The van der Waals surface area contributed by atoms with Gasteiger partial charge in [0.05, 0.1) is 0 Å². The molecule has 2 aliphatic carbocycles. The fourth-order valence-electron chi connectivity index (χ4n) is 3.44. The smallest absolute Gasteiger partial charge is 0.0167 e. The Morgan fingerprint density at radius 3 is 2.62 bits per heavy atom. The summed E-state index contributed by atoms with van der Waals surface area (Å²) in [5.74, 6) is 1.73. The largest absolute Gasteiger partial charge is 0.147 e. The highest BCUT2D eigenvalue weighted by atomic mass is 35.5. The lowest BCUT2D eigenvalue weighted by molar-refractivity contribution is 0.00384. The number of fused-ring (bicyclic) bond motifs is 1. The molecule has 2 aliphatic rings. The average Bonchev–Trinajstić information content (AvgIpc) is 2.18. The number of rotatable bonds is 0. The van der Waals surface area contributed by atoms with Crippen molar-refractivity contribution in [2.75, 3.05) is 0 Å². The number of allylic oxidation sites excluding steroid dienone is 3. The molecule has 0 aromatic rings. The molecule has 0 bridgehead atoms. The Morgan fingerprint density at radius 1 is 1.31 bits per heavy atom. The van der Waals surface area contributed by atoms with Gasteiger partial charge < -0.3 is 0 Å². The molecule has 0 spiro atoms. The molecule has 1 saturated carbocycles. The molecule has 92 valence electrons. The molecule has 0 aromatic heterocycles. The minimum absolute atomic E-state index is 0. The van der Waals surface area contributed by atoms with Gasteiger partial charge >= 0.3 is 0 Å². The van der Waals surface area contributed by atoms with Gasteiger partial charge in [-0.15, -0.1) is 12.4 Å². The Hall–Kier alpha value is -0.230. The van der Waals surface area contributed by atoms with Gasteiger partial charge in [-0.3, -0.25) is 0 Å². The summed E-state index contributed by atoms with van der Waals surface area (Å²) < 4.78 is 0. The minimum atomic E-state index is 0. The standard InChI is InChI=1S/C15H24.ClH/c1-11-6-5-7-12(2)13-10-15(3,4)14(13)9-8-11;/h6,13-14H,2,5,7-10H2,1,3-4H3;1H/b11-6+;/t13-,14-;/m1./s1. The minimum Gasteiger partial charge on any atom is -0.147 e. The first kappa shape index (κ1) is 13.8. The summed E-state index contributed by atoms with van der Waals surface area (Å²) in [4.78, 5) is 0. The van der Waals surface area contributed by atoms with E-state index in [2.05, 4.69) is 33.4 Å². The Kier molecular flexibility index (Phi) is 4.29. The normalized spacial score (nSPS) is 36.4. The third kappa shape index (κ3) is 2.53. The van der Waals surface area contributed by atoms with Gasteiger partial charge in [0.1, 0.15) is 0 Å². The molecule has 0 amide bonds. The van der Waals surface area contributed by atoms with Crippen LogP contribution >= 0.6 is 12.4 Å². The summed E-state index contributed by atoms with van der Waals surface area (Å²) in [7, 11) is 0. The predicted molar refractivity (Wildman–Crippen MR) is 74.0 cm³/mol. The first-order valence-corrected chi connectivity index (χ1v) is 6.34. The number of halogens is 1. The van der Waals surface area contributed by atoms with Crippen molar-refractivity contribution in [3.8, 4) is 0 Å². The van der Waals surface area contributed by atoms with Crippen molar-refractivity contribution in [1.82, 2.24) is 0 Å². The molecule has 0 nitrogen and oxygen atoms in total. The second-order valence-corrected chi connectivity index (χ2v) is 6.19. The van der Waals surface area contributed by atoms with Crippen molar-refractivity contribution in [2.24, 2.45) is 17.3 Å². The molecule has 1 fully saturated rings. The van der Waals surface area contributed by atoms with E-state index in [0.29, 0.717) is 5.41 Å². The maximum Gasteiger partial charge on any atom is -0.0167 e. The van der Waals surface area contributed by atoms with E-state index in [9.17, 15) is 0 Å². The van der Waals surface area contributed by atoms with Crippen molar-refractivity contribution in [1.29, 1.82) is 0 Å². The second-order valence-electron chi connectivity index (χ2n) is 6.19. The molecule has 0 saturated heterocycles. The summed E-state index contributed by atoms with van der Waals surface area (Å²) in [5.41, 5.74) is 3.68. The van der Waals surface area contributed by atoms with E-state index >= 15 is 0 Å². The first-order chi connectivity index (χ1) is 7.00. The van der Waals surface area contributed by atoms with Crippen LogP contribution in [0.3, 0.4) is 0 Å². The highest BCUT2D eigenvalue weighted by Crippen LogP contribution is 2.56. The van der Waals surface area contributed by atoms with E-state index in [1.807, 2.05) is 0 Å². The topological polar surface area (TPSA) is 0 Å². The van der Waals surface area contributed by atoms with Gasteiger partial charge in [-0.05, 0) is 56.3 Å². The van der Waals surface area contributed by atoms with Crippen molar-refractivity contribution in [3.05, 3.63) is 23.8 Å². The van der Waals surface area contributed by atoms with Crippen LogP contribution < -0.4 is 0 Å². The van der Waals surface area contributed by atoms with Crippen LogP contribution in [0.2, 0.25) is 0 Å². The van der Waals surface area contributed by atoms with Crippen LogP contribution in [0.1, 0.15) is 52.9 Å². The molecule has 2 rings (SSSR count). The summed E-state index contributed by atoms with van der Waals surface area (Å²) in [5, 5.41) is 0. The summed E-state index contributed by atoms with van der Waals surface area (Å²) in [6.07, 6.45) is 8.90. The van der Waals surface area contributed by atoms with Gasteiger partial charge in [0.2, 0.25) is 0 Å². The van der Waals surface area contributed by atoms with E-state index in [1.165, 1.54) is 37.7 Å². The molecule has 0 unspecified atom stereocenters. The van der Waals surface area contributed by atoms with Gasteiger partial charge in [0.15, 0.2) is 0 Å². The summed E-state index contributed by atoms with van der Waals surface area (Å²) in [6, 6.07) is 0. The second kappa shape index (κ2) is 4.96.